The highest BCUT2D eigenvalue weighted by Crippen LogP contribution is 2.34. The van der Waals surface area contributed by atoms with Crippen molar-refractivity contribution in [3.05, 3.63) is 89.6 Å². The van der Waals surface area contributed by atoms with Crippen molar-refractivity contribution in [2.24, 2.45) is 0 Å². The standard InChI is InChI=1S/C37H47N7O5/c1-4-49-36-30(35(45)39-28-15-18-48-19-16-28)21-27(22-38-36)33-25(2)34(44(42-33)29-13-9-6-10-14-29)41-37(46)40-32-24-43(17-20-47-3)23-31(32)26-11-7-5-8-12-26/h5-14,21-22,28,31-32,35,39,45H,4,15-20,23-24H2,1-3H3,(H2,40,41,46)/t31-,32+,35?/m0/s1. The number of carbonyl (C=O) groups excluding carboxylic acids is 1. The Morgan fingerprint density at radius 2 is 1.82 bits per heavy atom. The molecule has 6 rings (SSSR count). The number of aliphatic hydroxyl groups excluding tert-OH is 1. The summed E-state index contributed by atoms with van der Waals surface area (Å²) >= 11 is 0. The van der Waals surface area contributed by atoms with E-state index in [1.54, 1.807) is 18.0 Å². The first-order valence-corrected chi connectivity index (χ1v) is 17.1. The van der Waals surface area contributed by atoms with Gasteiger partial charge >= 0.3 is 6.03 Å². The van der Waals surface area contributed by atoms with Crippen molar-refractivity contribution in [2.75, 3.05) is 58.5 Å². The van der Waals surface area contributed by atoms with Gasteiger partial charge in [-0.25, -0.2) is 14.5 Å². The number of urea groups is 1. The van der Waals surface area contributed by atoms with Crippen LogP contribution in [-0.4, -0.2) is 96.1 Å². The fraction of sp³-hybridized carbons (Fsp3) is 0.432. The third kappa shape index (κ3) is 8.28. The molecule has 4 aromatic rings. The number of pyridine rings is 1. The summed E-state index contributed by atoms with van der Waals surface area (Å²) in [5.41, 5.74) is 4.58. The average Bonchev–Trinajstić information content (AvgIpc) is 3.68. The smallest absolute Gasteiger partial charge is 0.320 e. The first-order chi connectivity index (χ1) is 23.9. The number of hydrogen-bond donors (Lipinski definition) is 4. The number of nitrogens with one attached hydrogen (secondary N) is 3. The van der Waals surface area contributed by atoms with Gasteiger partial charge in [-0.15, -0.1) is 0 Å². The molecular formula is C37H47N7O5. The van der Waals surface area contributed by atoms with E-state index >= 15 is 0 Å². The molecule has 2 aliphatic heterocycles. The Morgan fingerprint density at radius 3 is 2.53 bits per heavy atom. The molecule has 260 valence electrons. The van der Waals surface area contributed by atoms with E-state index in [0.29, 0.717) is 61.5 Å². The topological polar surface area (TPSA) is 135 Å². The summed E-state index contributed by atoms with van der Waals surface area (Å²) in [4.78, 5) is 20.7. The van der Waals surface area contributed by atoms with Crippen molar-refractivity contribution in [3.8, 4) is 22.8 Å². The zero-order chi connectivity index (χ0) is 34.2. The number of rotatable bonds is 13. The van der Waals surface area contributed by atoms with Gasteiger partial charge in [-0.1, -0.05) is 48.5 Å². The number of likely N-dealkylation sites (tertiary alicyclic amines) is 1. The van der Waals surface area contributed by atoms with Gasteiger partial charge in [0.25, 0.3) is 0 Å². The number of ether oxygens (including phenoxy) is 3. The second-order valence-electron chi connectivity index (χ2n) is 12.6. The lowest BCUT2D eigenvalue weighted by Gasteiger charge is -2.26. The second kappa shape index (κ2) is 16.4. The molecule has 0 aliphatic carbocycles. The van der Waals surface area contributed by atoms with Gasteiger partial charge in [0.1, 0.15) is 12.0 Å². The van der Waals surface area contributed by atoms with Gasteiger partial charge in [-0.3, -0.25) is 15.5 Å². The molecule has 4 heterocycles. The largest absolute Gasteiger partial charge is 0.478 e. The van der Waals surface area contributed by atoms with Crippen LogP contribution < -0.4 is 20.7 Å². The molecular weight excluding hydrogens is 622 g/mol. The lowest BCUT2D eigenvalue weighted by Crippen LogP contribution is -2.42. The van der Waals surface area contributed by atoms with E-state index in [9.17, 15) is 9.90 Å². The molecule has 4 N–H and O–H groups in total. The first-order valence-electron chi connectivity index (χ1n) is 17.1. The molecule has 2 aliphatic rings. The molecule has 2 aromatic carbocycles. The predicted molar refractivity (Wildman–Crippen MR) is 188 cm³/mol. The minimum atomic E-state index is -0.996. The van der Waals surface area contributed by atoms with Crippen LogP contribution in [0.25, 0.3) is 16.9 Å². The van der Waals surface area contributed by atoms with Crippen LogP contribution in [0.15, 0.2) is 72.9 Å². The lowest BCUT2D eigenvalue weighted by molar-refractivity contribution is 0.0481. The molecule has 12 heteroatoms. The van der Waals surface area contributed by atoms with Crippen LogP contribution in [-0.2, 0) is 9.47 Å². The van der Waals surface area contributed by atoms with E-state index in [1.807, 2.05) is 68.4 Å². The Hall–Kier alpha value is -4.33. The fourth-order valence-electron chi connectivity index (χ4n) is 6.69. The maximum absolute atomic E-state index is 13.8. The second-order valence-corrected chi connectivity index (χ2v) is 12.6. The van der Waals surface area contributed by atoms with E-state index in [0.717, 1.165) is 37.2 Å². The number of methoxy groups -OCH3 is 1. The first kappa shape index (κ1) is 34.5. The minimum absolute atomic E-state index is 0.102. The summed E-state index contributed by atoms with van der Waals surface area (Å²) in [5.74, 6) is 1.04. The number of anilines is 1. The van der Waals surface area contributed by atoms with Crippen LogP contribution in [0.4, 0.5) is 10.6 Å². The minimum Gasteiger partial charge on any atom is -0.478 e. The van der Waals surface area contributed by atoms with Crippen LogP contribution in [0, 0.1) is 6.92 Å². The third-order valence-electron chi connectivity index (χ3n) is 9.25. The van der Waals surface area contributed by atoms with Crippen molar-refractivity contribution in [1.82, 2.24) is 30.3 Å². The molecule has 2 amide bonds. The van der Waals surface area contributed by atoms with Crippen molar-refractivity contribution in [2.45, 2.75) is 50.9 Å². The van der Waals surface area contributed by atoms with Gasteiger partial charge in [0, 0.05) is 69.2 Å². The van der Waals surface area contributed by atoms with Gasteiger partial charge in [0.2, 0.25) is 5.88 Å². The number of aromatic nitrogens is 3. The summed E-state index contributed by atoms with van der Waals surface area (Å²) in [6.45, 7) is 8.49. The summed E-state index contributed by atoms with van der Waals surface area (Å²) in [7, 11) is 1.71. The van der Waals surface area contributed by atoms with E-state index in [-0.39, 0.29) is 24.0 Å². The monoisotopic (exact) mass is 669 g/mol. The molecule has 0 bridgehead atoms. The molecule has 2 aromatic heterocycles. The van der Waals surface area contributed by atoms with Crippen LogP contribution in [0.2, 0.25) is 0 Å². The maximum atomic E-state index is 13.8. The number of hydrogen-bond acceptors (Lipinski definition) is 9. The summed E-state index contributed by atoms with van der Waals surface area (Å²) in [6.07, 6.45) is 2.32. The highest BCUT2D eigenvalue weighted by molar-refractivity contribution is 5.91. The van der Waals surface area contributed by atoms with E-state index in [1.165, 1.54) is 5.56 Å². The molecule has 3 atom stereocenters. The van der Waals surface area contributed by atoms with E-state index in [2.05, 4.69) is 38.0 Å². The average molecular weight is 670 g/mol. The molecule has 12 nitrogen and oxygen atoms in total. The van der Waals surface area contributed by atoms with Crippen molar-refractivity contribution in [3.63, 3.8) is 0 Å². The zero-order valence-corrected chi connectivity index (χ0v) is 28.5. The Kier molecular flexibility index (Phi) is 11.5. The van der Waals surface area contributed by atoms with E-state index < -0.39 is 6.23 Å². The van der Waals surface area contributed by atoms with Crippen LogP contribution in [0.3, 0.4) is 0 Å². The van der Waals surface area contributed by atoms with Gasteiger partial charge in [-0.2, -0.15) is 5.10 Å². The van der Waals surface area contributed by atoms with Crippen LogP contribution >= 0.6 is 0 Å². The molecule has 1 unspecified atom stereocenters. The lowest BCUT2D eigenvalue weighted by atomic mass is 9.94. The highest BCUT2D eigenvalue weighted by Gasteiger charge is 2.35. The van der Waals surface area contributed by atoms with Crippen molar-refractivity contribution in [1.29, 1.82) is 0 Å². The number of nitrogens with zero attached hydrogens (tertiary/aromatic N) is 4. The van der Waals surface area contributed by atoms with Crippen molar-refractivity contribution >= 4 is 11.8 Å². The quantitative estimate of drug-likeness (QED) is 0.150. The van der Waals surface area contributed by atoms with Gasteiger partial charge < -0.3 is 24.6 Å². The summed E-state index contributed by atoms with van der Waals surface area (Å²) < 4.78 is 18.4. The molecule has 2 fully saturated rings. The fourth-order valence-corrected chi connectivity index (χ4v) is 6.69. The number of amides is 2. The normalized spacial score (nSPS) is 19.1. The maximum Gasteiger partial charge on any atom is 0.320 e. The Morgan fingerprint density at radius 1 is 1.08 bits per heavy atom. The third-order valence-corrected chi connectivity index (χ3v) is 9.25. The number of carbonyl (C=O) groups is 1. The molecule has 0 saturated carbocycles. The van der Waals surface area contributed by atoms with E-state index in [4.69, 9.17) is 19.3 Å². The summed E-state index contributed by atoms with van der Waals surface area (Å²) in [6, 6.07) is 21.6. The number of aliphatic hydroxyl groups is 1. The Bertz CT molecular complexity index is 1660. The number of benzene rings is 2. The van der Waals surface area contributed by atoms with Crippen LogP contribution in [0.1, 0.15) is 48.6 Å². The molecule has 49 heavy (non-hydrogen) atoms. The van der Waals surface area contributed by atoms with Crippen LogP contribution in [0.5, 0.6) is 5.88 Å². The Balaban J connectivity index is 1.29. The SMILES string of the molecule is CCOc1ncc(-c2nn(-c3ccccc3)c(NC(=O)N[C@@H]3CN(CCOC)C[C@H]3c3ccccc3)c2C)cc1C(O)NC1CCOCC1. The number of para-hydroxylation sites is 1. The van der Waals surface area contributed by atoms with Gasteiger partial charge in [0.15, 0.2) is 0 Å². The Labute approximate surface area is 287 Å². The van der Waals surface area contributed by atoms with Gasteiger partial charge in [0.05, 0.1) is 36.2 Å². The summed E-state index contributed by atoms with van der Waals surface area (Å²) in [5, 5.41) is 26.0. The highest BCUT2D eigenvalue weighted by atomic mass is 16.5. The van der Waals surface area contributed by atoms with Gasteiger partial charge in [-0.05, 0) is 50.5 Å². The zero-order valence-electron chi connectivity index (χ0n) is 28.5. The molecule has 0 radical (unpaired) electrons. The molecule has 2 saturated heterocycles. The molecule has 0 spiro atoms. The van der Waals surface area contributed by atoms with Crippen molar-refractivity contribution < 1.29 is 24.1 Å². The predicted octanol–water partition coefficient (Wildman–Crippen LogP) is 4.64.